The Bertz CT molecular complexity index is 220. The van der Waals surface area contributed by atoms with Crippen molar-refractivity contribution in [3.8, 4) is 0 Å². The lowest BCUT2D eigenvalue weighted by atomic mass is 10.2. The van der Waals surface area contributed by atoms with E-state index >= 15 is 0 Å². The summed E-state index contributed by atoms with van der Waals surface area (Å²) in [7, 11) is 0. The van der Waals surface area contributed by atoms with Crippen LogP contribution in [0.15, 0.2) is 10.7 Å². The summed E-state index contributed by atoms with van der Waals surface area (Å²) >= 11 is 0. The molecule has 0 saturated carbocycles. The highest BCUT2D eigenvalue weighted by atomic mass is 16.3. The summed E-state index contributed by atoms with van der Waals surface area (Å²) in [5, 5.41) is 9.41. The predicted octanol–water partition coefficient (Wildman–Crippen LogP) is 1.82. The van der Waals surface area contributed by atoms with Crippen LogP contribution in [0.3, 0.4) is 0 Å². The highest BCUT2D eigenvalue weighted by Crippen LogP contribution is 2.16. The van der Waals surface area contributed by atoms with Gasteiger partial charge in [0.05, 0.1) is 6.10 Å². The van der Waals surface area contributed by atoms with Gasteiger partial charge in [-0.05, 0) is 6.42 Å². The van der Waals surface area contributed by atoms with E-state index in [-0.39, 0.29) is 0 Å². The van der Waals surface area contributed by atoms with E-state index in [9.17, 15) is 5.11 Å². The van der Waals surface area contributed by atoms with E-state index in [1.54, 1.807) is 6.92 Å². The molecule has 0 amide bonds. The van der Waals surface area contributed by atoms with E-state index in [0.29, 0.717) is 11.6 Å². The maximum atomic E-state index is 9.41. The Balaban J connectivity index is 2.60. The molecular weight excluding hydrogens is 142 g/mol. The second-order valence-corrected chi connectivity index (χ2v) is 2.60. The van der Waals surface area contributed by atoms with Crippen LogP contribution in [0.1, 0.15) is 37.5 Å². The fourth-order valence-electron chi connectivity index (χ4n) is 0.955. The van der Waals surface area contributed by atoms with Gasteiger partial charge in [-0.3, -0.25) is 0 Å². The molecule has 3 heteroatoms. The Morgan fingerprint density at radius 2 is 2.45 bits per heavy atom. The number of aryl methyl sites for hydroxylation is 1. The Morgan fingerprint density at radius 3 is 2.91 bits per heavy atom. The van der Waals surface area contributed by atoms with Crippen LogP contribution in [0.4, 0.5) is 0 Å². The molecular formula is C8H13NO2. The average Bonchev–Trinajstić information content (AvgIpc) is 2.36. The van der Waals surface area contributed by atoms with Crippen LogP contribution in [0, 0.1) is 6.92 Å². The SMILES string of the molecule is CCCC(O)c1coc(C)n1. The highest BCUT2D eigenvalue weighted by Gasteiger charge is 2.09. The molecule has 0 aromatic carbocycles. The van der Waals surface area contributed by atoms with Crippen molar-refractivity contribution in [3.63, 3.8) is 0 Å². The second-order valence-electron chi connectivity index (χ2n) is 2.60. The minimum absolute atomic E-state index is 0.461. The van der Waals surface area contributed by atoms with Crippen molar-refractivity contribution < 1.29 is 9.52 Å². The molecule has 1 atom stereocenters. The van der Waals surface area contributed by atoms with E-state index in [4.69, 9.17) is 4.42 Å². The van der Waals surface area contributed by atoms with E-state index < -0.39 is 6.10 Å². The number of aromatic nitrogens is 1. The molecule has 1 aromatic heterocycles. The van der Waals surface area contributed by atoms with Crippen LogP contribution >= 0.6 is 0 Å². The van der Waals surface area contributed by atoms with Gasteiger partial charge in [0.15, 0.2) is 5.89 Å². The Hall–Kier alpha value is -0.830. The highest BCUT2D eigenvalue weighted by molar-refractivity contribution is 4.99. The van der Waals surface area contributed by atoms with E-state index in [1.807, 2.05) is 6.92 Å². The summed E-state index contributed by atoms with van der Waals surface area (Å²) in [6.45, 7) is 3.79. The Morgan fingerprint density at radius 1 is 1.73 bits per heavy atom. The van der Waals surface area contributed by atoms with Gasteiger partial charge in [-0.15, -0.1) is 0 Å². The molecule has 1 unspecified atom stereocenters. The van der Waals surface area contributed by atoms with Crippen molar-refractivity contribution in [2.24, 2.45) is 0 Å². The van der Waals surface area contributed by atoms with Gasteiger partial charge in [0.25, 0.3) is 0 Å². The molecule has 0 fully saturated rings. The van der Waals surface area contributed by atoms with Crippen LogP contribution in [0.5, 0.6) is 0 Å². The average molecular weight is 155 g/mol. The number of aliphatic hydroxyl groups excluding tert-OH is 1. The van der Waals surface area contributed by atoms with Crippen LogP contribution in [-0.4, -0.2) is 10.1 Å². The minimum atomic E-state index is -0.461. The number of rotatable bonds is 3. The fraction of sp³-hybridized carbons (Fsp3) is 0.625. The van der Waals surface area contributed by atoms with Crippen molar-refractivity contribution in [1.29, 1.82) is 0 Å². The summed E-state index contributed by atoms with van der Waals surface area (Å²) in [6, 6.07) is 0. The standard InChI is InChI=1S/C8H13NO2/c1-3-4-8(10)7-5-11-6(2)9-7/h5,8,10H,3-4H2,1-2H3. The lowest BCUT2D eigenvalue weighted by Crippen LogP contribution is -1.96. The second kappa shape index (κ2) is 3.53. The van der Waals surface area contributed by atoms with Gasteiger partial charge < -0.3 is 9.52 Å². The Kier molecular flexibility index (Phi) is 2.65. The van der Waals surface area contributed by atoms with Gasteiger partial charge in [0.1, 0.15) is 12.0 Å². The molecule has 0 saturated heterocycles. The minimum Gasteiger partial charge on any atom is -0.449 e. The zero-order chi connectivity index (χ0) is 8.27. The molecule has 1 rings (SSSR count). The zero-order valence-electron chi connectivity index (χ0n) is 6.87. The summed E-state index contributed by atoms with van der Waals surface area (Å²) < 4.78 is 4.96. The molecule has 0 radical (unpaired) electrons. The first kappa shape index (κ1) is 8.27. The van der Waals surface area contributed by atoms with Crippen molar-refractivity contribution in [1.82, 2.24) is 4.98 Å². The predicted molar refractivity (Wildman–Crippen MR) is 41.1 cm³/mol. The molecule has 0 aliphatic carbocycles. The van der Waals surface area contributed by atoms with E-state index in [0.717, 1.165) is 12.8 Å². The van der Waals surface area contributed by atoms with Crippen molar-refractivity contribution >= 4 is 0 Å². The maximum Gasteiger partial charge on any atom is 0.191 e. The molecule has 0 spiro atoms. The van der Waals surface area contributed by atoms with Gasteiger partial charge in [-0.2, -0.15) is 0 Å². The van der Waals surface area contributed by atoms with Crippen LogP contribution in [-0.2, 0) is 0 Å². The van der Waals surface area contributed by atoms with E-state index in [1.165, 1.54) is 6.26 Å². The van der Waals surface area contributed by atoms with Gasteiger partial charge in [0.2, 0.25) is 0 Å². The number of aliphatic hydroxyl groups is 1. The molecule has 11 heavy (non-hydrogen) atoms. The lowest BCUT2D eigenvalue weighted by Gasteiger charge is -2.02. The first-order valence-corrected chi connectivity index (χ1v) is 3.84. The van der Waals surface area contributed by atoms with Crippen LogP contribution in [0.25, 0.3) is 0 Å². The molecule has 1 heterocycles. The van der Waals surface area contributed by atoms with Crippen LogP contribution < -0.4 is 0 Å². The zero-order valence-corrected chi connectivity index (χ0v) is 6.87. The lowest BCUT2D eigenvalue weighted by molar-refractivity contribution is 0.161. The summed E-state index contributed by atoms with van der Waals surface area (Å²) in [5.74, 6) is 0.607. The van der Waals surface area contributed by atoms with Crippen molar-refractivity contribution in [3.05, 3.63) is 17.8 Å². The topological polar surface area (TPSA) is 46.3 Å². The molecule has 3 nitrogen and oxygen atoms in total. The van der Waals surface area contributed by atoms with Gasteiger partial charge in [0, 0.05) is 6.92 Å². The molecule has 0 aliphatic rings. The third-order valence-corrected chi connectivity index (χ3v) is 1.54. The maximum absolute atomic E-state index is 9.41. The largest absolute Gasteiger partial charge is 0.449 e. The quantitative estimate of drug-likeness (QED) is 0.724. The van der Waals surface area contributed by atoms with Gasteiger partial charge in [-0.25, -0.2) is 4.98 Å². The summed E-state index contributed by atoms with van der Waals surface area (Å²) in [5.41, 5.74) is 0.643. The third-order valence-electron chi connectivity index (χ3n) is 1.54. The normalized spacial score (nSPS) is 13.4. The monoisotopic (exact) mass is 155 g/mol. The number of nitrogens with zero attached hydrogens (tertiary/aromatic N) is 1. The molecule has 0 aliphatic heterocycles. The fourth-order valence-corrected chi connectivity index (χ4v) is 0.955. The first-order valence-electron chi connectivity index (χ1n) is 3.84. The molecule has 1 aromatic rings. The molecule has 0 bridgehead atoms. The van der Waals surface area contributed by atoms with Crippen molar-refractivity contribution in [2.45, 2.75) is 32.8 Å². The van der Waals surface area contributed by atoms with Gasteiger partial charge >= 0.3 is 0 Å². The summed E-state index contributed by atoms with van der Waals surface area (Å²) in [4.78, 5) is 4.01. The number of hydrogen-bond donors (Lipinski definition) is 1. The number of hydrogen-bond acceptors (Lipinski definition) is 3. The molecule has 62 valence electrons. The van der Waals surface area contributed by atoms with Crippen molar-refractivity contribution in [2.75, 3.05) is 0 Å². The van der Waals surface area contributed by atoms with E-state index in [2.05, 4.69) is 4.98 Å². The molecule has 1 N–H and O–H groups in total. The van der Waals surface area contributed by atoms with Gasteiger partial charge in [-0.1, -0.05) is 13.3 Å². The van der Waals surface area contributed by atoms with Crippen LogP contribution in [0.2, 0.25) is 0 Å². The third kappa shape index (κ3) is 2.05. The first-order chi connectivity index (χ1) is 5.24. The number of oxazole rings is 1. The smallest absolute Gasteiger partial charge is 0.191 e. The Labute approximate surface area is 66.1 Å². The summed E-state index contributed by atoms with van der Waals surface area (Å²) in [6.07, 6.45) is 2.74.